The van der Waals surface area contributed by atoms with Crippen LogP contribution in [-0.4, -0.2) is 19.4 Å². The molecule has 3 aromatic heterocycles. The SMILES string of the molecule is Cc1cc(Oc2nccc3ccccc23)ccc1-c1c(C)ncc2nccn12. The van der Waals surface area contributed by atoms with E-state index >= 15 is 0 Å². The molecule has 0 aliphatic heterocycles. The van der Waals surface area contributed by atoms with Gasteiger partial charge in [-0.05, 0) is 55.1 Å². The number of ether oxygens (including phenoxy) is 1. The van der Waals surface area contributed by atoms with Crippen molar-refractivity contribution in [2.45, 2.75) is 13.8 Å². The maximum absolute atomic E-state index is 6.12. The molecule has 5 heteroatoms. The summed E-state index contributed by atoms with van der Waals surface area (Å²) in [5, 5.41) is 2.10. The van der Waals surface area contributed by atoms with Crippen LogP contribution in [0.1, 0.15) is 11.3 Å². The number of fused-ring (bicyclic) bond motifs is 2. The van der Waals surface area contributed by atoms with Crippen LogP contribution in [0.5, 0.6) is 11.6 Å². The van der Waals surface area contributed by atoms with Crippen molar-refractivity contribution in [1.29, 1.82) is 0 Å². The Morgan fingerprint density at radius 3 is 2.68 bits per heavy atom. The van der Waals surface area contributed by atoms with Crippen LogP contribution in [0.25, 0.3) is 27.7 Å². The number of benzene rings is 2. The predicted octanol–water partition coefficient (Wildman–Crippen LogP) is 5.35. The molecule has 0 amide bonds. The number of rotatable bonds is 3. The van der Waals surface area contributed by atoms with Gasteiger partial charge in [-0.1, -0.05) is 18.2 Å². The highest BCUT2D eigenvalue weighted by Gasteiger charge is 2.13. The van der Waals surface area contributed by atoms with Gasteiger partial charge >= 0.3 is 0 Å². The van der Waals surface area contributed by atoms with E-state index in [1.807, 2.05) is 49.5 Å². The minimum absolute atomic E-state index is 0.611. The van der Waals surface area contributed by atoms with Crippen LogP contribution in [0.15, 0.2) is 73.3 Å². The Balaban J connectivity index is 1.57. The molecule has 0 radical (unpaired) electrons. The highest BCUT2D eigenvalue weighted by atomic mass is 16.5. The number of aromatic nitrogens is 4. The molecule has 28 heavy (non-hydrogen) atoms. The normalized spacial score (nSPS) is 11.2. The largest absolute Gasteiger partial charge is 0.438 e. The molecule has 0 N–H and O–H groups in total. The van der Waals surface area contributed by atoms with Crippen LogP contribution in [0.3, 0.4) is 0 Å². The molecular weight excluding hydrogens is 348 g/mol. The average Bonchev–Trinajstić information content (AvgIpc) is 3.18. The molecule has 0 atom stereocenters. The van der Waals surface area contributed by atoms with Crippen LogP contribution >= 0.6 is 0 Å². The smallest absolute Gasteiger partial charge is 0.227 e. The van der Waals surface area contributed by atoms with E-state index in [9.17, 15) is 0 Å². The molecule has 5 nitrogen and oxygen atoms in total. The summed E-state index contributed by atoms with van der Waals surface area (Å²) >= 11 is 0. The molecule has 0 aliphatic rings. The third kappa shape index (κ3) is 2.68. The molecule has 0 fully saturated rings. The third-order valence-corrected chi connectivity index (χ3v) is 4.93. The maximum Gasteiger partial charge on any atom is 0.227 e. The van der Waals surface area contributed by atoms with Gasteiger partial charge in [0, 0.05) is 29.5 Å². The van der Waals surface area contributed by atoms with Gasteiger partial charge in [0.05, 0.1) is 17.6 Å². The van der Waals surface area contributed by atoms with Crippen LogP contribution in [0, 0.1) is 13.8 Å². The molecule has 0 bridgehead atoms. The average molecular weight is 366 g/mol. The number of hydrogen-bond acceptors (Lipinski definition) is 4. The summed E-state index contributed by atoms with van der Waals surface area (Å²) in [5.74, 6) is 1.37. The number of imidazole rings is 1. The Labute approximate surface area is 162 Å². The summed E-state index contributed by atoms with van der Waals surface area (Å²) in [6.07, 6.45) is 7.31. The summed E-state index contributed by atoms with van der Waals surface area (Å²) in [5.41, 5.74) is 5.04. The van der Waals surface area contributed by atoms with Crippen molar-refractivity contribution >= 4 is 16.4 Å². The zero-order valence-electron chi connectivity index (χ0n) is 15.6. The van der Waals surface area contributed by atoms with Gasteiger partial charge in [0.25, 0.3) is 0 Å². The molecular formula is C23H18N4O. The first kappa shape index (κ1) is 16.4. The fourth-order valence-electron chi connectivity index (χ4n) is 3.56. The van der Waals surface area contributed by atoms with Gasteiger partial charge in [0.1, 0.15) is 5.75 Å². The van der Waals surface area contributed by atoms with E-state index in [4.69, 9.17) is 4.74 Å². The first-order valence-electron chi connectivity index (χ1n) is 9.12. The van der Waals surface area contributed by atoms with Gasteiger partial charge < -0.3 is 4.74 Å². The quantitative estimate of drug-likeness (QED) is 0.432. The van der Waals surface area contributed by atoms with Crippen molar-refractivity contribution in [2.24, 2.45) is 0 Å². The summed E-state index contributed by atoms with van der Waals surface area (Å²) in [6.45, 7) is 4.09. The van der Waals surface area contributed by atoms with Crippen molar-refractivity contribution in [1.82, 2.24) is 19.4 Å². The lowest BCUT2D eigenvalue weighted by atomic mass is 10.0. The van der Waals surface area contributed by atoms with E-state index in [1.54, 1.807) is 18.6 Å². The van der Waals surface area contributed by atoms with Gasteiger partial charge in [-0.3, -0.25) is 9.38 Å². The second-order valence-electron chi connectivity index (χ2n) is 6.76. The lowest BCUT2D eigenvalue weighted by Crippen LogP contribution is -1.99. The van der Waals surface area contributed by atoms with E-state index in [0.29, 0.717) is 5.88 Å². The van der Waals surface area contributed by atoms with Gasteiger partial charge in [-0.25, -0.2) is 9.97 Å². The van der Waals surface area contributed by atoms with E-state index in [1.165, 1.54) is 0 Å². The Bertz CT molecular complexity index is 1320. The Kier molecular flexibility index (Phi) is 3.79. The Morgan fingerprint density at radius 1 is 0.893 bits per heavy atom. The fourth-order valence-corrected chi connectivity index (χ4v) is 3.56. The van der Waals surface area contributed by atoms with E-state index in [0.717, 1.165) is 44.7 Å². The van der Waals surface area contributed by atoms with Gasteiger partial charge in [0.2, 0.25) is 5.88 Å². The Morgan fingerprint density at radius 2 is 1.79 bits per heavy atom. The van der Waals surface area contributed by atoms with Crippen LogP contribution in [0.4, 0.5) is 0 Å². The molecule has 0 saturated heterocycles. The number of aryl methyl sites for hydroxylation is 2. The monoisotopic (exact) mass is 366 g/mol. The molecule has 0 saturated carbocycles. The van der Waals surface area contributed by atoms with Gasteiger partial charge in [-0.2, -0.15) is 0 Å². The maximum atomic E-state index is 6.12. The van der Waals surface area contributed by atoms with Crippen molar-refractivity contribution in [3.63, 3.8) is 0 Å². The molecule has 2 aromatic carbocycles. The van der Waals surface area contributed by atoms with E-state index < -0.39 is 0 Å². The first-order chi connectivity index (χ1) is 13.7. The van der Waals surface area contributed by atoms with Crippen LogP contribution < -0.4 is 4.74 Å². The molecule has 5 aromatic rings. The topological polar surface area (TPSA) is 52.3 Å². The zero-order chi connectivity index (χ0) is 19.1. The number of hydrogen-bond donors (Lipinski definition) is 0. The summed E-state index contributed by atoms with van der Waals surface area (Å²) < 4.78 is 8.19. The molecule has 0 aliphatic carbocycles. The second-order valence-corrected chi connectivity index (χ2v) is 6.76. The van der Waals surface area contributed by atoms with E-state index in [-0.39, 0.29) is 0 Å². The van der Waals surface area contributed by atoms with Crippen molar-refractivity contribution in [3.8, 4) is 22.9 Å². The lowest BCUT2D eigenvalue weighted by molar-refractivity contribution is 0.469. The lowest BCUT2D eigenvalue weighted by Gasteiger charge is -2.13. The zero-order valence-corrected chi connectivity index (χ0v) is 15.6. The Hall–Kier alpha value is -3.73. The molecule has 0 spiro atoms. The van der Waals surface area contributed by atoms with Crippen molar-refractivity contribution in [2.75, 3.05) is 0 Å². The number of pyridine rings is 1. The fraction of sp³-hybridized carbons (Fsp3) is 0.0870. The number of nitrogens with zero attached hydrogens (tertiary/aromatic N) is 4. The van der Waals surface area contributed by atoms with Crippen LogP contribution in [-0.2, 0) is 0 Å². The first-order valence-corrected chi connectivity index (χ1v) is 9.12. The van der Waals surface area contributed by atoms with Crippen molar-refractivity contribution < 1.29 is 4.74 Å². The van der Waals surface area contributed by atoms with Gasteiger partial charge in [0.15, 0.2) is 5.65 Å². The summed E-state index contributed by atoms with van der Waals surface area (Å²) in [6, 6.07) is 16.1. The van der Waals surface area contributed by atoms with Crippen LogP contribution in [0.2, 0.25) is 0 Å². The standard InChI is InChI=1S/C23H18N4O/c1-15-13-18(28-23-20-6-4-3-5-17(20)9-10-25-23)7-8-19(15)22-16(2)26-14-21-24-11-12-27(21)22/h3-14H,1-2H3. The third-order valence-electron chi connectivity index (χ3n) is 4.93. The minimum Gasteiger partial charge on any atom is -0.438 e. The highest BCUT2D eigenvalue weighted by Crippen LogP contribution is 2.32. The highest BCUT2D eigenvalue weighted by molar-refractivity contribution is 5.86. The molecule has 0 unspecified atom stereocenters. The van der Waals surface area contributed by atoms with Crippen molar-refractivity contribution in [3.05, 3.63) is 84.6 Å². The molecule has 5 rings (SSSR count). The summed E-state index contributed by atoms with van der Waals surface area (Å²) in [7, 11) is 0. The molecule has 136 valence electrons. The van der Waals surface area contributed by atoms with Gasteiger partial charge in [-0.15, -0.1) is 0 Å². The van der Waals surface area contributed by atoms with E-state index in [2.05, 4.69) is 38.4 Å². The summed E-state index contributed by atoms with van der Waals surface area (Å²) in [4.78, 5) is 13.3. The predicted molar refractivity (Wildman–Crippen MR) is 110 cm³/mol. The second kappa shape index (κ2) is 6.46. The minimum atomic E-state index is 0.611. The molecule has 3 heterocycles.